The van der Waals surface area contributed by atoms with Crippen LogP contribution in [0.25, 0.3) is 0 Å². The zero-order valence-corrected chi connectivity index (χ0v) is 21.0. The fraction of sp³-hybridized carbons (Fsp3) is 0.600. The molecule has 188 valence electrons. The molecule has 1 aromatic rings. The first kappa shape index (κ1) is 26.4. The lowest BCUT2D eigenvalue weighted by molar-refractivity contribution is -0.165. The molecule has 0 saturated carbocycles. The van der Waals surface area contributed by atoms with Crippen molar-refractivity contribution in [2.45, 2.75) is 88.9 Å². The number of nitrogens with zero attached hydrogens (tertiary/aromatic N) is 1. The average molecular weight is 494 g/mol. The number of likely N-dealkylation sites (tertiary alicyclic amines) is 1. The van der Waals surface area contributed by atoms with Crippen LogP contribution in [0.15, 0.2) is 40.3 Å². The van der Waals surface area contributed by atoms with Gasteiger partial charge >= 0.3 is 11.9 Å². The Morgan fingerprint density at radius 2 is 1.32 bits per heavy atom. The second-order valence-electron chi connectivity index (χ2n) is 9.36. The summed E-state index contributed by atoms with van der Waals surface area (Å²) in [6.07, 6.45) is 6.90. The van der Waals surface area contributed by atoms with Crippen LogP contribution >= 0.6 is 0 Å². The minimum atomic E-state index is -4.02. The third-order valence-electron chi connectivity index (χ3n) is 6.63. The number of ether oxygens (including phenoxy) is 2. The number of carbonyl (C=O) groups excluding carboxylic acids is 2. The Hall–Kier alpha value is -2.23. The largest absolute Gasteiger partial charge is 0.458 e. The highest BCUT2D eigenvalue weighted by molar-refractivity contribution is 7.85. The molecule has 1 aromatic carbocycles. The van der Waals surface area contributed by atoms with Crippen LogP contribution in [0, 0.1) is 6.92 Å². The molecule has 2 atom stereocenters. The smallest absolute Gasteiger partial charge is 0.303 e. The van der Waals surface area contributed by atoms with Crippen LogP contribution in [0.1, 0.15) is 64.4 Å². The van der Waals surface area contributed by atoms with Crippen LogP contribution in [0.2, 0.25) is 0 Å². The summed E-state index contributed by atoms with van der Waals surface area (Å²) >= 11 is 0. The minimum Gasteiger partial charge on any atom is -0.458 e. The lowest BCUT2D eigenvalue weighted by Crippen LogP contribution is -2.38. The van der Waals surface area contributed by atoms with Crippen molar-refractivity contribution in [3.05, 3.63) is 41.0 Å². The van der Waals surface area contributed by atoms with Gasteiger partial charge in [0.1, 0.15) is 12.2 Å². The van der Waals surface area contributed by atoms with Gasteiger partial charge in [-0.2, -0.15) is 8.42 Å². The summed E-state index contributed by atoms with van der Waals surface area (Å²) in [5.74, 6) is -0.608. The maximum atomic E-state index is 11.4. The van der Waals surface area contributed by atoms with Crippen molar-refractivity contribution >= 4 is 22.1 Å². The third kappa shape index (κ3) is 7.38. The van der Waals surface area contributed by atoms with Gasteiger partial charge in [0.25, 0.3) is 10.1 Å². The molecule has 8 nitrogen and oxygen atoms in total. The standard InChI is InChI=1S/C18H27NO4.C7H8O3S/c1-12(20)22-17-10-14-8-16(19-6-4-3-5-7-19)9-15(14)11-18(17)23-13(2)21;1-6-2-4-7(5-3-6)11(8,9)10/h16-18H,3-11H2,1-2H3;2-5H,1H3,(H,8,9,10)/t17-,18-;/m1./s1. The Kier molecular flexibility index (Phi) is 8.89. The molecule has 0 spiro atoms. The van der Waals surface area contributed by atoms with E-state index in [2.05, 4.69) is 4.90 Å². The van der Waals surface area contributed by atoms with Crippen molar-refractivity contribution in [2.24, 2.45) is 0 Å². The minimum absolute atomic E-state index is 0.0666. The Labute approximate surface area is 202 Å². The van der Waals surface area contributed by atoms with E-state index in [0.29, 0.717) is 6.04 Å². The van der Waals surface area contributed by atoms with Gasteiger partial charge in [0.2, 0.25) is 0 Å². The quantitative estimate of drug-likeness (QED) is 0.383. The van der Waals surface area contributed by atoms with Crippen molar-refractivity contribution in [3.63, 3.8) is 0 Å². The van der Waals surface area contributed by atoms with Crippen molar-refractivity contribution in [1.82, 2.24) is 4.90 Å². The molecule has 4 rings (SSSR count). The molecule has 34 heavy (non-hydrogen) atoms. The van der Waals surface area contributed by atoms with Gasteiger partial charge in [-0.3, -0.25) is 19.0 Å². The van der Waals surface area contributed by atoms with Crippen molar-refractivity contribution in [3.8, 4) is 0 Å². The molecule has 1 fully saturated rings. The van der Waals surface area contributed by atoms with Crippen LogP contribution in [-0.4, -0.2) is 61.1 Å². The molecule has 1 N–H and O–H groups in total. The summed E-state index contributed by atoms with van der Waals surface area (Å²) in [6.45, 7) is 7.07. The third-order valence-corrected chi connectivity index (χ3v) is 7.50. The maximum absolute atomic E-state index is 11.4. The van der Waals surface area contributed by atoms with Crippen LogP contribution in [-0.2, 0) is 29.2 Å². The van der Waals surface area contributed by atoms with Crippen molar-refractivity contribution in [1.29, 1.82) is 0 Å². The zero-order valence-electron chi connectivity index (χ0n) is 20.2. The monoisotopic (exact) mass is 493 g/mol. The number of aryl methyl sites for hydroxylation is 1. The van der Waals surface area contributed by atoms with Crippen molar-refractivity contribution < 1.29 is 32.0 Å². The summed E-state index contributed by atoms with van der Waals surface area (Å²) in [5.41, 5.74) is 3.81. The molecule has 0 amide bonds. The number of piperidine rings is 1. The summed E-state index contributed by atoms with van der Waals surface area (Å²) in [7, 11) is -4.02. The fourth-order valence-electron chi connectivity index (χ4n) is 5.05. The van der Waals surface area contributed by atoms with Gasteiger partial charge in [0, 0.05) is 32.7 Å². The van der Waals surface area contributed by atoms with E-state index >= 15 is 0 Å². The number of carbonyl (C=O) groups is 2. The molecule has 1 heterocycles. The lowest BCUT2D eigenvalue weighted by Gasteiger charge is -2.32. The first-order valence-electron chi connectivity index (χ1n) is 11.9. The molecule has 2 aliphatic carbocycles. The number of rotatable bonds is 4. The predicted molar refractivity (Wildman–Crippen MR) is 127 cm³/mol. The van der Waals surface area contributed by atoms with E-state index in [9.17, 15) is 18.0 Å². The van der Waals surface area contributed by atoms with E-state index in [1.54, 1.807) is 12.1 Å². The Balaban J connectivity index is 0.000000248. The topological polar surface area (TPSA) is 110 Å². The van der Waals surface area contributed by atoms with Gasteiger partial charge in [-0.1, -0.05) is 35.3 Å². The van der Waals surface area contributed by atoms with Gasteiger partial charge in [0.15, 0.2) is 0 Å². The first-order valence-corrected chi connectivity index (χ1v) is 13.3. The Morgan fingerprint density at radius 3 is 1.74 bits per heavy atom. The SMILES string of the molecule is CC(=O)O[C@@H]1CC2=C(CC(N3CCCCC3)C2)C[C@H]1OC(C)=O.Cc1ccc(S(=O)(=O)O)cc1. The molecule has 9 heteroatoms. The number of benzene rings is 1. The molecule has 3 aliphatic rings. The van der Waals surface area contributed by atoms with E-state index in [1.807, 2.05) is 6.92 Å². The molecule has 0 unspecified atom stereocenters. The van der Waals surface area contributed by atoms with Crippen LogP contribution in [0.3, 0.4) is 0 Å². The van der Waals surface area contributed by atoms with Gasteiger partial charge in [-0.25, -0.2) is 0 Å². The number of hydrogen-bond acceptors (Lipinski definition) is 7. The number of hydrogen-bond donors (Lipinski definition) is 1. The predicted octanol–water partition coefficient (Wildman–Crippen LogP) is 3.83. The van der Waals surface area contributed by atoms with Crippen molar-refractivity contribution in [2.75, 3.05) is 13.1 Å². The Bertz CT molecular complexity index is 974. The number of esters is 2. The normalized spacial score (nSPS) is 23.5. The summed E-state index contributed by atoms with van der Waals surface area (Å²) < 4.78 is 40.4. The van der Waals surface area contributed by atoms with Crippen LogP contribution in [0.5, 0.6) is 0 Å². The zero-order chi connectivity index (χ0) is 24.9. The summed E-state index contributed by atoms with van der Waals surface area (Å²) in [5, 5.41) is 0. The van der Waals surface area contributed by atoms with E-state index in [1.165, 1.54) is 69.5 Å². The highest BCUT2D eigenvalue weighted by atomic mass is 32.2. The average Bonchev–Trinajstić information content (AvgIpc) is 3.17. The van der Waals surface area contributed by atoms with Gasteiger partial charge in [-0.05, 0) is 57.8 Å². The van der Waals surface area contributed by atoms with E-state index in [-0.39, 0.29) is 29.0 Å². The fourth-order valence-corrected chi connectivity index (χ4v) is 5.53. The van der Waals surface area contributed by atoms with Gasteiger partial charge < -0.3 is 9.47 Å². The van der Waals surface area contributed by atoms with E-state index in [4.69, 9.17) is 14.0 Å². The second-order valence-corrected chi connectivity index (χ2v) is 10.8. The molecule has 0 radical (unpaired) electrons. The highest BCUT2D eigenvalue weighted by Crippen LogP contribution is 2.41. The molecular weight excluding hydrogens is 458 g/mol. The molecule has 1 aliphatic heterocycles. The lowest BCUT2D eigenvalue weighted by atomic mass is 9.89. The maximum Gasteiger partial charge on any atom is 0.303 e. The summed E-state index contributed by atoms with van der Waals surface area (Å²) in [6, 6.07) is 6.58. The molecular formula is C25H35NO7S. The molecule has 0 bridgehead atoms. The van der Waals surface area contributed by atoms with E-state index < -0.39 is 10.1 Å². The van der Waals surface area contributed by atoms with E-state index in [0.717, 1.165) is 31.2 Å². The van der Waals surface area contributed by atoms with Crippen LogP contribution in [0.4, 0.5) is 0 Å². The molecule has 1 saturated heterocycles. The van der Waals surface area contributed by atoms with Gasteiger partial charge in [-0.15, -0.1) is 0 Å². The molecule has 0 aromatic heterocycles. The highest BCUT2D eigenvalue weighted by Gasteiger charge is 2.39. The Morgan fingerprint density at radius 1 is 0.853 bits per heavy atom. The second kappa shape index (κ2) is 11.5. The first-order chi connectivity index (χ1) is 16.0. The van der Waals surface area contributed by atoms with Crippen LogP contribution < -0.4 is 0 Å². The van der Waals surface area contributed by atoms with Gasteiger partial charge in [0.05, 0.1) is 4.90 Å². The summed E-state index contributed by atoms with van der Waals surface area (Å²) in [4.78, 5) is 25.3.